The molecule has 186 valence electrons. The third-order valence-corrected chi connectivity index (χ3v) is 6.98. The summed E-state index contributed by atoms with van der Waals surface area (Å²) in [4.78, 5) is 14.7. The van der Waals surface area contributed by atoms with Crippen molar-refractivity contribution in [3.63, 3.8) is 0 Å². The molecule has 0 saturated carbocycles. The van der Waals surface area contributed by atoms with Gasteiger partial charge in [-0.05, 0) is 24.3 Å². The van der Waals surface area contributed by atoms with E-state index in [1.54, 1.807) is 37.3 Å². The van der Waals surface area contributed by atoms with Crippen molar-refractivity contribution >= 4 is 16.8 Å². The van der Waals surface area contributed by atoms with E-state index >= 15 is 0 Å². The van der Waals surface area contributed by atoms with Crippen LogP contribution in [0.4, 0.5) is 4.39 Å². The van der Waals surface area contributed by atoms with Gasteiger partial charge >= 0.3 is 0 Å². The molecule has 0 radical (unpaired) electrons. The number of benzene rings is 3. The number of methoxy groups -OCH3 is 2. The van der Waals surface area contributed by atoms with Crippen molar-refractivity contribution in [3.05, 3.63) is 95.4 Å². The number of likely N-dealkylation sites (tertiary alicyclic amines) is 1. The molecule has 1 saturated heterocycles. The van der Waals surface area contributed by atoms with Gasteiger partial charge in [-0.3, -0.25) is 4.79 Å². The van der Waals surface area contributed by atoms with Gasteiger partial charge in [-0.2, -0.15) is 0 Å². The van der Waals surface area contributed by atoms with E-state index in [0.717, 1.165) is 22.0 Å². The van der Waals surface area contributed by atoms with Gasteiger partial charge in [0.15, 0.2) is 0 Å². The number of aromatic nitrogens is 1. The number of carbonyl (C=O) groups is 1. The van der Waals surface area contributed by atoms with Gasteiger partial charge < -0.3 is 24.0 Å². The number of aliphatic hydroxyl groups is 1. The number of nitrogens with zero attached hydrogens (tertiary/aromatic N) is 2. The van der Waals surface area contributed by atoms with E-state index < -0.39 is 6.10 Å². The fourth-order valence-corrected chi connectivity index (χ4v) is 5.06. The molecule has 2 heterocycles. The predicted molar refractivity (Wildman–Crippen MR) is 135 cm³/mol. The minimum atomic E-state index is -0.830. The van der Waals surface area contributed by atoms with Crippen LogP contribution in [-0.2, 0) is 17.9 Å². The first-order valence-electron chi connectivity index (χ1n) is 12.0. The lowest BCUT2D eigenvalue weighted by atomic mass is 9.94. The summed E-state index contributed by atoms with van der Waals surface area (Å²) in [6, 6.07) is 20.0. The van der Waals surface area contributed by atoms with Gasteiger partial charge in [0.25, 0.3) is 0 Å². The Hall–Kier alpha value is -3.84. The Balaban J connectivity index is 1.38. The molecule has 5 rings (SSSR count). The molecule has 2 atom stereocenters. The lowest BCUT2D eigenvalue weighted by Crippen LogP contribution is -2.25. The number of aliphatic hydroxyl groups excluding tert-OH is 1. The minimum Gasteiger partial charge on any atom is -0.497 e. The molecule has 1 amide bonds. The van der Waals surface area contributed by atoms with Crippen molar-refractivity contribution < 1.29 is 23.8 Å². The van der Waals surface area contributed by atoms with Crippen molar-refractivity contribution in [3.8, 4) is 11.5 Å². The highest BCUT2D eigenvalue weighted by atomic mass is 19.1. The van der Waals surface area contributed by atoms with E-state index in [-0.39, 0.29) is 24.1 Å². The fourth-order valence-electron chi connectivity index (χ4n) is 5.06. The second-order valence-electron chi connectivity index (χ2n) is 9.18. The van der Waals surface area contributed by atoms with Crippen LogP contribution in [0.2, 0.25) is 0 Å². The summed E-state index contributed by atoms with van der Waals surface area (Å²) in [6.45, 7) is 1.18. The highest BCUT2D eigenvalue weighted by molar-refractivity contribution is 5.85. The van der Waals surface area contributed by atoms with Crippen LogP contribution in [0, 0.1) is 11.7 Å². The molecule has 0 aliphatic carbocycles. The topological polar surface area (TPSA) is 63.9 Å². The van der Waals surface area contributed by atoms with E-state index in [4.69, 9.17) is 9.47 Å². The Morgan fingerprint density at radius 2 is 1.78 bits per heavy atom. The molecular weight excluding hydrogens is 459 g/mol. The number of hydrogen-bond acceptors (Lipinski definition) is 4. The Bertz CT molecular complexity index is 1400. The number of fused-ring (bicyclic) bond motifs is 1. The summed E-state index contributed by atoms with van der Waals surface area (Å²) in [5.74, 6) is 0.815. The second-order valence-corrected chi connectivity index (χ2v) is 9.18. The maximum atomic E-state index is 14.3. The molecular formula is C29H29FN2O4. The average molecular weight is 489 g/mol. The van der Waals surface area contributed by atoms with Gasteiger partial charge in [0.05, 0.1) is 26.9 Å². The first-order chi connectivity index (χ1) is 17.5. The summed E-state index contributed by atoms with van der Waals surface area (Å²) in [5, 5.41) is 12.3. The van der Waals surface area contributed by atoms with Crippen LogP contribution in [0.25, 0.3) is 10.9 Å². The molecule has 6 nitrogen and oxygen atoms in total. The SMILES string of the molecule is COc1ccc(CN2CC(C(O)c3cn(Cc4ccccc4F)c4ccccc34)CC2=O)c(OC)c1. The fraction of sp³-hybridized carbons (Fsp3) is 0.276. The predicted octanol–water partition coefficient (Wildman–Crippen LogP) is 4.93. The summed E-state index contributed by atoms with van der Waals surface area (Å²) in [7, 11) is 3.19. The summed E-state index contributed by atoms with van der Waals surface area (Å²) in [6.07, 6.45) is 1.32. The number of carbonyl (C=O) groups excluding carboxylic acids is 1. The molecule has 1 aliphatic rings. The first-order valence-corrected chi connectivity index (χ1v) is 12.0. The third kappa shape index (κ3) is 4.54. The standard InChI is InChI=1S/C29H29FN2O4/c1-35-22-12-11-20(27(14-22)36-2)16-32-17-21(13-28(32)33)29(34)24-18-31(26-10-6-4-8-23(24)26)15-19-7-3-5-9-25(19)30/h3-12,14,18,21,29,34H,13,15-17H2,1-2H3. The van der Waals surface area contributed by atoms with Crippen molar-refractivity contribution in [2.75, 3.05) is 20.8 Å². The van der Waals surface area contributed by atoms with E-state index in [1.165, 1.54) is 6.07 Å². The molecule has 7 heteroatoms. The largest absolute Gasteiger partial charge is 0.497 e. The monoisotopic (exact) mass is 488 g/mol. The molecule has 1 aromatic heterocycles. The minimum absolute atomic E-state index is 0.00739. The molecule has 1 N–H and O–H groups in total. The summed E-state index contributed by atoms with van der Waals surface area (Å²) >= 11 is 0. The van der Waals surface area contributed by atoms with Gasteiger partial charge in [-0.15, -0.1) is 0 Å². The second kappa shape index (κ2) is 10.0. The normalized spacial score (nSPS) is 16.5. The Morgan fingerprint density at radius 3 is 2.56 bits per heavy atom. The zero-order valence-corrected chi connectivity index (χ0v) is 20.4. The molecule has 1 fully saturated rings. The number of hydrogen-bond donors (Lipinski definition) is 1. The highest BCUT2D eigenvalue weighted by Gasteiger charge is 2.36. The molecule has 36 heavy (non-hydrogen) atoms. The molecule has 0 spiro atoms. The van der Waals surface area contributed by atoms with Crippen LogP contribution >= 0.6 is 0 Å². The maximum Gasteiger partial charge on any atom is 0.223 e. The quantitative estimate of drug-likeness (QED) is 0.382. The van der Waals surface area contributed by atoms with Gasteiger partial charge in [-0.25, -0.2) is 4.39 Å². The Kier molecular flexibility index (Phi) is 6.65. The average Bonchev–Trinajstić information content (AvgIpc) is 3.45. The van der Waals surface area contributed by atoms with Crippen LogP contribution in [-0.4, -0.2) is 41.2 Å². The Morgan fingerprint density at radius 1 is 1.00 bits per heavy atom. The van der Waals surface area contributed by atoms with Gasteiger partial charge in [-0.1, -0.05) is 36.4 Å². The number of halogens is 1. The molecule has 1 aliphatic heterocycles. The number of amides is 1. The van der Waals surface area contributed by atoms with Crippen LogP contribution in [0.3, 0.4) is 0 Å². The molecule has 4 aromatic rings. The van der Waals surface area contributed by atoms with E-state index in [2.05, 4.69) is 0 Å². The lowest BCUT2D eigenvalue weighted by molar-refractivity contribution is -0.128. The zero-order chi connectivity index (χ0) is 25.2. The summed E-state index contributed by atoms with van der Waals surface area (Å²) < 4.78 is 27.0. The molecule has 3 aromatic carbocycles. The van der Waals surface area contributed by atoms with Crippen LogP contribution in [0.1, 0.15) is 29.2 Å². The molecule has 2 unspecified atom stereocenters. The van der Waals surface area contributed by atoms with E-state index in [9.17, 15) is 14.3 Å². The number of ether oxygens (including phenoxy) is 2. The van der Waals surface area contributed by atoms with Crippen LogP contribution in [0.15, 0.2) is 72.9 Å². The summed E-state index contributed by atoms with van der Waals surface area (Å²) in [5.41, 5.74) is 3.13. The number of para-hydroxylation sites is 1. The van der Waals surface area contributed by atoms with Crippen molar-refractivity contribution in [1.82, 2.24) is 9.47 Å². The zero-order valence-electron chi connectivity index (χ0n) is 20.4. The van der Waals surface area contributed by atoms with Gasteiger partial charge in [0.1, 0.15) is 17.3 Å². The smallest absolute Gasteiger partial charge is 0.223 e. The number of rotatable bonds is 8. The van der Waals surface area contributed by atoms with Crippen molar-refractivity contribution in [2.24, 2.45) is 5.92 Å². The first kappa shape index (κ1) is 23.9. The Labute approximate surface area is 209 Å². The van der Waals surface area contributed by atoms with Gasteiger partial charge in [0, 0.05) is 65.3 Å². The third-order valence-electron chi connectivity index (χ3n) is 6.98. The van der Waals surface area contributed by atoms with E-state index in [1.807, 2.05) is 53.2 Å². The van der Waals surface area contributed by atoms with Crippen molar-refractivity contribution in [2.45, 2.75) is 25.6 Å². The van der Waals surface area contributed by atoms with Crippen LogP contribution < -0.4 is 9.47 Å². The molecule has 0 bridgehead atoms. The lowest BCUT2D eigenvalue weighted by Gasteiger charge is -2.21. The van der Waals surface area contributed by atoms with Gasteiger partial charge in [0.2, 0.25) is 5.91 Å². The van der Waals surface area contributed by atoms with E-state index in [0.29, 0.717) is 36.7 Å². The highest BCUT2D eigenvalue weighted by Crippen LogP contribution is 2.37. The van der Waals surface area contributed by atoms with Crippen molar-refractivity contribution in [1.29, 1.82) is 0 Å². The maximum absolute atomic E-state index is 14.3. The van der Waals surface area contributed by atoms with Crippen LogP contribution in [0.5, 0.6) is 11.5 Å².